The van der Waals surface area contributed by atoms with E-state index >= 15 is 0 Å². The zero-order valence-corrected chi connectivity index (χ0v) is 15.0. The van der Waals surface area contributed by atoms with Crippen molar-refractivity contribution in [2.24, 2.45) is 0 Å². The lowest BCUT2D eigenvalue weighted by molar-refractivity contribution is -0.136. The van der Waals surface area contributed by atoms with Crippen LogP contribution in [0.3, 0.4) is 0 Å². The predicted molar refractivity (Wildman–Crippen MR) is 102 cm³/mol. The Bertz CT molecular complexity index is 707. The molecular weight excluding hydrogens is 314 g/mol. The number of nitrogens with zero attached hydrogens (tertiary/aromatic N) is 1. The molecular formula is C20H25N3O2. The van der Waals surface area contributed by atoms with E-state index < -0.39 is 11.8 Å². The maximum atomic E-state index is 11.8. The molecule has 0 heterocycles. The van der Waals surface area contributed by atoms with Crippen molar-refractivity contribution in [2.45, 2.75) is 19.8 Å². The molecule has 25 heavy (non-hydrogen) atoms. The average Bonchev–Trinajstić information content (AvgIpc) is 2.60. The minimum absolute atomic E-state index is 0.468. The summed E-state index contributed by atoms with van der Waals surface area (Å²) in [6.45, 7) is 2.43. The van der Waals surface area contributed by atoms with Gasteiger partial charge in [0.05, 0.1) is 0 Å². The van der Waals surface area contributed by atoms with Crippen LogP contribution in [0.1, 0.15) is 17.5 Å². The van der Waals surface area contributed by atoms with Crippen molar-refractivity contribution in [3.05, 3.63) is 59.7 Å². The first-order valence-corrected chi connectivity index (χ1v) is 8.38. The van der Waals surface area contributed by atoms with Crippen molar-refractivity contribution >= 4 is 23.2 Å². The fraction of sp³-hybridized carbons (Fsp3) is 0.300. The molecule has 0 aliphatic heterocycles. The summed E-state index contributed by atoms with van der Waals surface area (Å²) in [6.07, 6.45) is 1.64. The zero-order chi connectivity index (χ0) is 18.2. The van der Waals surface area contributed by atoms with E-state index in [1.165, 1.54) is 5.56 Å². The molecule has 0 aliphatic carbocycles. The third kappa shape index (κ3) is 5.95. The molecule has 0 aliphatic rings. The van der Waals surface area contributed by atoms with E-state index in [-0.39, 0.29) is 0 Å². The van der Waals surface area contributed by atoms with E-state index in [1.807, 2.05) is 33.2 Å². The maximum Gasteiger partial charge on any atom is 0.313 e. The van der Waals surface area contributed by atoms with Gasteiger partial charge in [-0.05, 0) is 49.6 Å². The molecule has 0 spiro atoms. The minimum Gasteiger partial charge on any atom is -0.378 e. The first-order chi connectivity index (χ1) is 12.0. The highest BCUT2D eigenvalue weighted by Crippen LogP contribution is 2.13. The van der Waals surface area contributed by atoms with Crippen LogP contribution in [0.5, 0.6) is 0 Å². The van der Waals surface area contributed by atoms with Crippen molar-refractivity contribution in [3.63, 3.8) is 0 Å². The smallest absolute Gasteiger partial charge is 0.313 e. The van der Waals surface area contributed by atoms with Gasteiger partial charge in [-0.1, -0.05) is 29.8 Å². The average molecular weight is 339 g/mol. The van der Waals surface area contributed by atoms with Crippen LogP contribution in [0.2, 0.25) is 0 Å². The van der Waals surface area contributed by atoms with Crippen LogP contribution in [0.15, 0.2) is 48.5 Å². The van der Waals surface area contributed by atoms with E-state index in [4.69, 9.17) is 0 Å². The summed E-state index contributed by atoms with van der Waals surface area (Å²) in [6, 6.07) is 15.6. The second kappa shape index (κ2) is 8.87. The summed E-state index contributed by atoms with van der Waals surface area (Å²) in [4.78, 5) is 25.7. The number of aryl methyl sites for hydroxylation is 2. The summed E-state index contributed by atoms with van der Waals surface area (Å²) in [5, 5.41) is 5.24. The lowest BCUT2D eigenvalue weighted by Gasteiger charge is -2.12. The Labute approximate surface area is 149 Å². The zero-order valence-electron chi connectivity index (χ0n) is 15.0. The van der Waals surface area contributed by atoms with E-state index in [0.29, 0.717) is 12.2 Å². The van der Waals surface area contributed by atoms with Crippen LogP contribution < -0.4 is 15.5 Å². The van der Waals surface area contributed by atoms with Crippen molar-refractivity contribution in [2.75, 3.05) is 30.9 Å². The maximum absolute atomic E-state index is 11.8. The number of rotatable bonds is 6. The lowest BCUT2D eigenvalue weighted by atomic mass is 10.1. The van der Waals surface area contributed by atoms with Gasteiger partial charge in [-0.2, -0.15) is 0 Å². The third-order valence-corrected chi connectivity index (χ3v) is 3.90. The number of amides is 2. The molecule has 0 saturated heterocycles. The molecule has 0 saturated carbocycles. The number of hydrogen-bond donors (Lipinski definition) is 2. The molecule has 132 valence electrons. The topological polar surface area (TPSA) is 61.4 Å². The molecule has 2 amide bonds. The molecule has 0 fully saturated rings. The second-order valence-electron chi connectivity index (χ2n) is 6.24. The van der Waals surface area contributed by atoms with Gasteiger partial charge < -0.3 is 15.5 Å². The highest BCUT2D eigenvalue weighted by molar-refractivity contribution is 6.39. The van der Waals surface area contributed by atoms with E-state index in [0.717, 1.165) is 24.1 Å². The number of carbonyl (C=O) groups excluding carboxylic acids is 2. The highest BCUT2D eigenvalue weighted by Gasteiger charge is 2.12. The minimum atomic E-state index is -0.640. The predicted octanol–water partition coefficient (Wildman–Crippen LogP) is 2.75. The fourth-order valence-corrected chi connectivity index (χ4v) is 2.36. The largest absolute Gasteiger partial charge is 0.378 e. The quantitative estimate of drug-likeness (QED) is 0.628. The van der Waals surface area contributed by atoms with E-state index in [9.17, 15) is 9.59 Å². The summed E-state index contributed by atoms with van der Waals surface area (Å²) in [7, 11) is 4.01. The summed E-state index contributed by atoms with van der Waals surface area (Å²) in [5.41, 5.74) is 4.08. The van der Waals surface area contributed by atoms with Crippen LogP contribution in [-0.4, -0.2) is 32.5 Å². The lowest BCUT2D eigenvalue weighted by Crippen LogP contribution is -2.36. The van der Waals surface area contributed by atoms with Crippen LogP contribution >= 0.6 is 0 Å². The Kier molecular flexibility index (Phi) is 6.57. The molecule has 0 atom stereocenters. The molecule has 0 bridgehead atoms. The molecule has 5 nitrogen and oxygen atoms in total. The van der Waals surface area contributed by atoms with Crippen molar-refractivity contribution in [3.8, 4) is 0 Å². The monoisotopic (exact) mass is 339 g/mol. The Morgan fingerprint density at radius 1 is 0.920 bits per heavy atom. The van der Waals surface area contributed by atoms with E-state index in [2.05, 4.69) is 39.8 Å². The molecule has 2 rings (SSSR count). The van der Waals surface area contributed by atoms with Crippen LogP contribution in [0, 0.1) is 6.92 Å². The van der Waals surface area contributed by atoms with E-state index in [1.54, 1.807) is 12.1 Å². The van der Waals surface area contributed by atoms with Gasteiger partial charge in [-0.15, -0.1) is 0 Å². The first kappa shape index (κ1) is 18.5. The van der Waals surface area contributed by atoms with Gasteiger partial charge in [0.1, 0.15) is 0 Å². The van der Waals surface area contributed by atoms with Crippen LogP contribution in [0.4, 0.5) is 11.4 Å². The number of hydrogen-bond acceptors (Lipinski definition) is 3. The van der Waals surface area contributed by atoms with Gasteiger partial charge in [-0.25, -0.2) is 0 Å². The summed E-state index contributed by atoms with van der Waals surface area (Å²) >= 11 is 0. The normalized spacial score (nSPS) is 10.2. The van der Waals surface area contributed by atoms with Gasteiger partial charge in [0.25, 0.3) is 0 Å². The van der Waals surface area contributed by atoms with Gasteiger partial charge in [0.2, 0.25) is 0 Å². The SMILES string of the molecule is Cc1ccc(NC(=O)C(=O)NCCCc2ccc(N(C)C)cc2)cc1. The standard InChI is InChI=1S/C20H25N3O2/c1-15-6-10-17(11-7-15)22-20(25)19(24)21-14-4-5-16-8-12-18(13-9-16)23(2)3/h6-13H,4-5,14H2,1-3H3,(H,21,24)(H,22,25). The van der Waals surface area contributed by atoms with Crippen molar-refractivity contribution in [1.82, 2.24) is 5.32 Å². The molecule has 5 heteroatoms. The second-order valence-corrected chi connectivity index (χ2v) is 6.24. The Balaban J connectivity index is 1.70. The van der Waals surface area contributed by atoms with Gasteiger partial charge in [0.15, 0.2) is 0 Å². The highest BCUT2D eigenvalue weighted by atomic mass is 16.2. The van der Waals surface area contributed by atoms with Gasteiger partial charge >= 0.3 is 11.8 Å². The fourth-order valence-electron chi connectivity index (χ4n) is 2.36. The van der Waals surface area contributed by atoms with Crippen LogP contribution in [-0.2, 0) is 16.0 Å². The Morgan fingerprint density at radius 2 is 1.56 bits per heavy atom. The van der Waals surface area contributed by atoms with Crippen molar-refractivity contribution < 1.29 is 9.59 Å². The third-order valence-electron chi connectivity index (χ3n) is 3.90. The molecule has 0 unspecified atom stereocenters. The van der Waals surface area contributed by atoms with Gasteiger partial charge in [0, 0.05) is 32.0 Å². The Hall–Kier alpha value is -2.82. The molecule has 0 radical (unpaired) electrons. The van der Waals surface area contributed by atoms with Crippen LogP contribution in [0.25, 0.3) is 0 Å². The summed E-state index contributed by atoms with van der Waals surface area (Å²) < 4.78 is 0. The number of benzene rings is 2. The van der Waals surface area contributed by atoms with Crippen molar-refractivity contribution in [1.29, 1.82) is 0 Å². The number of anilines is 2. The molecule has 2 aromatic carbocycles. The Morgan fingerprint density at radius 3 is 2.16 bits per heavy atom. The molecule has 0 aromatic heterocycles. The molecule has 2 N–H and O–H groups in total. The number of carbonyl (C=O) groups is 2. The molecule has 2 aromatic rings. The first-order valence-electron chi connectivity index (χ1n) is 8.38. The summed E-state index contributed by atoms with van der Waals surface area (Å²) in [5.74, 6) is -1.25. The van der Waals surface area contributed by atoms with Gasteiger partial charge in [-0.3, -0.25) is 9.59 Å². The number of nitrogens with one attached hydrogen (secondary N) is 2.